The zero-order valence-electron chi connectivity index (χ0n) is 12.4. The lowest BCUT2D eigenvalue weighted by atomic mass is 10.1. The summed E-state index contributed by atoms with van der Waals surface area (Å²) in [7, 11) is 0. The Morgan fingerprint density at radius 1 is 1.14 bits per heavy atom. The van der Waals surface area contributed by atoms with E-state index in [4.69, 9.17) is 9.15 Å². The lowest BCUT2D eigenvalue weighted by Gasteiger charge is -2.29. The van der Waals surface area contributed by atoms with Gasteiger partial charge >= 0.3 is 0 Å². The van der Waals surface area contributed by atoms with Crippen LogP contribution in [0.4, 0.5) is 5.69 Å². The molecule has 1 aromatic carbocycles. The van der Waals surface area contributed by atoms with E-state index in [2.05, 4.69) is 41.4 Å². The molecule has 0 amide bonds. The van der Waals surface area contributed by atoms with Gasteiger partial charge in [-0.3, -0.25) is 0 Å². The summed E-state index contributed by atoms with van der Waals surface area (Å²) in [6, 6.07) is 12.9. The standard InChI is InChI=1S/C17H22N2O2/c1-14(17-3-2-10-21-17)18-13-15-4-6-16(7-5-15)19-8-11-20-12-9-19/h2-7,10,14,18H,8-9,11-13H2,1H3/t14-/m0/s1. The number of anilines is 1. The third kappa shape index (κ3) is 3.65. The number of morpholine rings is 1. The number of hydrogen-bond donors (Lipinski definition) is 1. The van der Waals surface area contributed by atoms with Crippen molar-refractivity contribution in [2.24, 2.45) is 0 Å². The molecule has 0 bridgehead atoms. The van der Waals surface area contributed by atoms with Crippen molar-refractivity contribution in [3.8, 4) is 0 Å². The van der Waals surface area contributed by atoms with Gasteiger partial charge in [-0.2, -0.15) is 0 Å². The van der Waals surface area contributed by atoms with Crippen molar-refractivity contribution in [3.63, 3.8) is 0 Å². The van der Waals surface area contributed by atoms with E-state index in [-0.39, 0.29) is 6.04 Å². The summed E-state index contributed by atoms with van der Waals surface area (Å²) < 4.78 is 10.8. The maximum atomic E-state index is 5.40. The lowest BCUT2D eigenvalue weighted by Crippen LogP contribution is -2.36. The third-order valence-electron chi connectivity index (χ3n) is 3.89. The van der Waals surface area contributed by atoms with Gasteiger partial charge in [0.1, 0.15) is 5.76 Å². The molecule has 1 N–H and O–H groups in total. The summed E-state index contributed by atoms with van der Waals surface area (Å²) in [6.45, 7) is 6.56. The highest BCUT2D eigenvalue weighted by atomic mass is 16.5. The van der Waals surface area contributed by atoms with E-state index >= 15 is 0 Å². The van der Waals surface area contributed by atoms with Crippen LogP contribution in [0.2, 0.25) is 0 Å². The second-order valence-corrected chi connectivity index (χ2v) is 5.38. The smallest absolute Gasteiger partial charge is 0.120 e. The Bertz CT molecular complexity index is 530. The average molecular weight is 286 g/mol. The molecule has 0 radical (unpaired) electrons. The Hall–Kier alpha value is -1.78. The number of benzene rings is 1. The first-order valence-electron chi connectivity index (χ1n) is 7.51. The molecule has 0 spiro atoms. The Morgan fingerprint density at radius 3 is 2.57 bits per heavy atom. The first-order valence-corrected chi connectivity index (χ1v) is 7.51. The number of nitrogens with zero attached hydrogens (tertiary/aromatic N) is 1. The Morgan fingerprint density at radius 2 is 1.90 bits per heavy atom. The Kier molecular flexibility index (Phi) is 4.58. The van der Waals surface area contributed by atoms with E-state index in [0.29, 0.717) is 0 Å². The second-order valence-electron chi connectivity index (χ2n) is 5.38. The number of hydrogen-bond acceptors (Lipinski definition) is 4. The molecule has 0 aliphatic carbocycles. The molecule has 1 aromatic heterocycles. The first kappa shape index (κ1) is 14.2. The third-order valence-corrected chi connectivity index (χ3v) is 3.89. The van der Waals surface area contributed by atoms with Gasteiger partial charge in [0, 0.05) is 25.3 Å². The largest absolute Gasteiger partial charge is 0.468 e. The summed E-state index contributed by atoms with van der Waals surface area (Å²) in [5.41, 5.74) is 2.56. The fraction of sp³-hybridized carbons (Fsp3) is 0.412. The summed E-state index contributed by atoms with van der Waals surface area (Å²) >= 11 is 0. The fourth-order valence-electron chi connectivity index (χ4n) is 2.56. The maximum absolute atomic E-state index is 5.40. The lowest BCUT2D eigenvalue weighted by molar-refractivity contribution is 0.122. The van der Waals surface area contributed by atoms with Gasteiger partial charge in [-0.05, 0) is 36.8 Å². The molecule has 2 heterocycles. The van der Waals surface area contributed by atoms with Crippen molar-refractivity contribution in [2.75, 3.05) is 31.2 Å². The van der Waals surface area contributed by atoms with Crippen LogP contribution < -0.4 is 10.2 Å². The zero-order valence-corrected chi connectivity index (χ0v) is 12.4. The predicted molar refractivity (Wildman–Crippen MR) is 83.4 cm³/mol. The minimum absolute atomic E-state index is 0.221. The predicted octanol–water partition coefficient (Wildman–Crippen LogP) is 2.97. The molecule has 112 valence electrons. The first-order chi connectivity index (χ1) is 10.3. The summed E-state index contributed by atoms with van der Waals surface area (Å²) in [6.07, 6.45) is 1.71. The van der Waals surface area contributed by atoms with Gasteiger partial charge in [0.25, 0.3) is 0 Å². The minimum atomic E-state index is 0.221. The molecule has 2 aromatic rings. The van der Waals surface area contributed by atoms with Crippen LogP contribution in [0.5, 0.6) is 0 Å². The van der Waals surface area contributed by atoms with Gasteiger partial charge in [0.15, 0.2) is 0 Å². The van der Waals surface area contributed by atoms with E-state index in [1.807, 2.05) is 12.1 Å². The molecule has 1 atom stereocenters. The molecule has 4 heteroatoms. The Balaban J connectivity index is 1.54. The molecule has 0 saturated carbocycles. The van der Waals surface area contributed by atoms with Crippen molar-refractivity contribution >= 4 is 5.69 Å². The van der Waals surface area contributed by atoms with Crippen molar-refractivity contribution in [1.82, 2.24) is 5.32 Å². The highest BCUT2D eigenvalue weighted by molar-refractivity contribution is 5.47. The van der Waals surface area contributed by atoms with Gasteiger partial charge < -0.3 is 19.4 Å². The SMILES string of the molecule is C[C@H](NCc1ccc(N2CCOCC2)cc1)c1ccco1. The highest BCUT2D eigenvalue weighted by Gasteiger charge is 2.11. The molecule has 1 aliphatic rings. The number of rotatable bonds is 5. The van der Waals surface area contributed by atoms with E-state index in [1.165, 1.54) is 11.3 Å². The molecule has 1 fully saturated rings. The van der Waals surface area contributed by atoms with Crippen LogP contribution in [0, 0.1) is 0 Å². The maximum Gasteiger partial charge on any atom is 0.120 e. The van der Waals surface area contributed by atoms with Crippen LogP contribution in [0.1, 0.15) is 24.3 Å². The monoisotopic (exact) mass is 286 g/mol. The summed E-state index contributed by atoms with van der Waals surface area (Å²) in [4.78, 5) is 2.37. The van der Waals surface area contributed by atoms with Crippen molar-refractivity contribution in [1.29, 1.82) is 0 Å². The van der Waals surface area contributed by atoms with Gasteiger partial charge in [-0.25, -0.2) is 0 Å². The number of nitrogens with one attached hydrogen (secondary N) is 1. The van der Waals surface area contributed by atoms with E-state index < -0.39 is 0 Å². The summed E-state index contributed by atoms with van der Waals surface area (Å²) in [5, 5.41) is 3.47. The van der Waals surface area contributed by atoms with Crippen LogP contribution in [-0.2, 0) is 11.3 Å². The molecular weight excluding hydrogens is 264 g/mol. The van der Waals surface area contributed by atoms with Crippen LogP contribution in [-0.4, -0.2) is 26.3 Å². The quantitative estimate of drug-likeness (QED) is 0.917. The van der Waals surface area contributed by atoms with E-state index in [9.17, 15) is 0 Å². The molecule has 4 nitrogen and oxygen atoms in total. The number of furan rings is 1. The summed E-state index contributed by atoms with van der Waals surface area (Å²) in [5.74, 6) is 0.972. The number of ether oxygens (including phenoxy) is 1. The van der Waals surface area contributed by atoms with E-state index in [1.54, 1.807) is 6.26 Å². The topological polar surface area (TPSA) is 37.6 Å². The molecular formula is C17H22N2O2. The van der Waals surface area contributed by atoms with Crippen LogP contribution in [0.15, 0.2) is 47.1 Å². The fourth-order valence-corrected chi connectivity index (χ4v) is 2.56. The van der Waals surface area contributed by atoms with Crippen LogP contribution >= 0.6 is 0 Å². The average Bonchev–Trinajstić information content (AvgIpc) is 3.08. The van der Waals surface area contributed by atoms with Crippen molar-refractivity contribution in [2.45, 2.75) is 19.5 Å². The molecule has 0 unspecified atom stereocenters. The van der Waals surface area contributed by atoms with Gasteiger partial charge in [0.05, 0.1) is 25.5 Å². The molecule has 3 rings (SSSR count). The normalized spacial score (nSPS) is 16.9. The molecule has 21 heavy (non-hydrogen) atoms. The van der Waals surface area contributed by atoms with Gasteiger partial charge in [-0.15, -0.1) is 0 Å². The zero-order chi connectivity index (χ0) is 14.5. The van der Waals surface area contributed by atoms with E-state index in [0.717, 1.165) is 38.6 Å². The highest BCUT2D eigenvalue weighted by Crippen LogP contribution is 2.18. The second kappa shape index (κ2) is 6.78. The van der Waals surface area contributed by atoms with Crippen LogP contribution in [0.25, 0.3) is 0 Å². The molecule has 1 saturated heterocycles. The van der Waals surface area contributed by atoms with Crippen molar-refractivity contribution in [3.05, 3.63) is 54.0 Å². The minimum Gasteiger partial charge on any atom is -0.468 e. The van der Waals surface area contributed by atoms with Gasteiger partial charge in [-0.1, -0.05) is 12.1 Å². The Labute approximate surface area is 125 Å². The molecule has 1 aliphatic heterocycles. The van der Waals surface area contributed by atoms with Crippen molar-refractivity contribution < 1.29 is 9.15 Å². The van der Waals surface area contributed by atoms with Gasteiger partial charge in [0.2, 0.25) is 0 Å². The van der Waals surface area contributed by atoms with Crippen LogP contribution in [0.3, 0.4) is 0 Å².